The summed E-state index contributed by atoms with van der Waals surface area (Å²) in [6, 6.07) is 17.5. The third kappa shape index (κ3) is 7.77. The first kappa shape index (κ1) is 34.1. The Labute approximate surface area is 288 Å². The minimum atomic E-state index is -0.666. The number of piperidine rings is 1. The van der Waals surface area contributed by atoms with E-state index < -0.39 is 5.41 Å². The van der Waals surface area contributed by atoms with Crippen LogP contribution in [0.1, 0.15) is 66.8 Å². The number of pyridine rings is 1. The summed E-state index contributed by atoms with van der Waals surface area (Å²) in [4.78, 5) is 64.1. The van der Waals surface area contributed by atoms with Crippen molar-refractivity contribution in [2.45, 2.75) is 65.0 Å². The van der Waals surface area contributed by atoms with Crippen LogP contribution in [0.3, 0.4) is 0 Å². The van der Waals surface area contributed by atoms with Gasteiger partial charge in [-0.2, -0.15) is 0 Å². The van der Waals surface area contributed by atoms with Crippen molar-refractivity contribution in [3.8, 4) is 0 Å². The number of carbonyl (C=O) groups excluding carboxylic acids is 4. The maximum atomic E-state index is 14.6. The van der Waals surface area contributed by atoms with E-state index in [1.807, 2.05) is 78.4 Å². The smallest absolute Gasteiger partial charge is 0.319 e. The predicted octanol–water partition coefficient (Wildman–Crippen LogP) is 4.56. The van der Waals surface area contributed by atoms with E-state index in [4.69, 9.17) is 0 Å². The zero-order valence-corrected chi connectivity index (χ0v) is 28.6. The molecule has 0 radical (unpaired) electrons. The lowest BCUT2D eigenvalue weighted by Gasteiger charge is -2.43. The van der Waals surface area contributed by atoms with E-state index in [1.54, 1.807) is 11.1 Å². The van der Waals surface area contributed by atoms with Crippen LogP contribution in [0.2, 0.25) is 0 Å². The lowest BCUT2D eigenvalue weighted by atomic mass is 9.74. The summed E-state index contributed by atoms with van der Waals surface area (Å²) >= 11 is 0. The molecule has 0 atom stereocenters. The monoisotopic (exact) mass is 665 g/mol. The molecular formula is C38H47N7O4. The second-order valence-electron chi connectivity index (χ2n) is 13.5. The van der Waals surface area contributed by atoms with Gasteiger partial charge in [-0.15, -0.1) is 0 Å². The van der Waals surface area contributed by atoms with E-state index in [0.29, 0.717) is 63.4 Å². The highest BCUT2D eigenvalue weighted by atomic mass is 16.2. The van der Waals surface area contributed by atoms with Gasteiger partial charge >= 0.3 is 6.03 Å². The molecule has 0 aliphatic carbocycles. The molecular weight excluding hydrogens is 618 g/mol. The van der Waals surface area contributed by atoms with Gasteiger partial charge in [-0.3, -0.25) is 14.4 Å². The van der Waals surface area contributed by atoms with Crippen LogP contribution in [0, 0.1) is 5.41 Å². The van der Waals surface area contributed by atoms with Gasteiger partial charge in [-0.05, 0) is 85.2 Å². The van der Waals surface area contributed by atoms with Crippen LogP contribution in [0.25, 0.3) is 0 Å². The van der Waals surface area contributed by atoms with E-state index in [0.717, 1.165) is 53.7 Å². The van der Waals surface area contributed by atoms with Gasteiger partial charge in [0.25, 0.3) is 0 Å². The highest BCUT2D eigenvalue weighted by Crippen LogP contribution is 2.38. The van der Waals surface area contributed by atoms with E-state index in [2.05, 4.69) is 20.9 Å². The highest BCUT2D eigenvalue weighted by Gasteiger charge is 2.44. The Balaban J connectivity index is 1.20. The summed E-state index contributed by atoms with van der Waals surface area (Å²) in [6.45, 7) is 5.48. The molecule has 0 saturated carbocycles. The van der Waals surface area contributed by atoms with Gasteiger partial charge in [0.1, 0.15) is 12.4 Å². The molecule has 3 aromatic rings. The van der Waals surface area contributed by atoms with Crippen LogP contribution in [-0.4, -0.2) is 83.2 Å². The van der Waals surface area contributed by atoms with Gasteiger partial charge in [0, 0.05) is 57.6 Å². The SMILES string of the molecule is CCC1(C(=O)N(CC(=O)Nc2ccc3c(c2)CC(=O)Nc2ncccc2C3)Cc2ccccc2CNC)CCN(C(=O)N2CCCC2)CC1. The second kappa shape index (κ2) is 15.2. The first-order valence-electron chi connectivity index (χ1n) is 17.5. The number of carbonyl (C=O) groups is 4. The molecule has 1 aromatic heterocycles. The number of urea groups is 1. The largest absolute Gasteiger partial charge is 0.329 e. The van der Waals surface area contributed by atoms with Gasteiger partial charge < -0.3 is 30.7 Å². The molecule has 5 amide bonds. The van der Waals surface area contributed by atoms with Crippen LogP contribution in [0.15, 0.2) is 60.8 Å². The van der Waals surface area contributed by atoms with Crippen LogP contribution in [0.4, 0.5) is 16.3 Å². The molecule has 0 unspecified atom stereocenters. The van der Waals surface area contributed by atoms with Crippen molar-refractivity contribution in [3.05, 3.63) is 88.6 Å². The number of likely N-dealkylation sites (tertiary alicyclic amines) is 2. The van der Waals surface area contributed by atoms with Crippen molar-refractivity contribution < 1.29 is 19.2 Å². The first-order chi connectivity index (χ1) is 23.8. The van der Waals surface area contributed by atoms with Gasteiger partial charge in [-0.25, -0.2) is 9.78 Å². The number of nitrogens with one attached hydrogen (secondary N) is 3. The summed E-state index contributed by atoms with van der Waals surface area (Å²) in [5.74, 6) is 0.0432. The zero-order chi connectivity index (χ0) is 34.4. The molecule has 0 bridgehead atoms. The predicted molar refractivity (Wildman–Crippen MR) is 189 cm³/mol. The number of fused-ring (bicyclic) bond motifs is 2. The fourth-order valence-corrected chi connectivity index (χ4v) is 7.43. The number of hydrogen-bond acceptors (Lipinski definition) is 6. The highest BCUT2D eigenvalue weighted by molar-refractivity contribution is 5.96. The molecule has 11 nitrogen and oxygen atoms in total. The molecule has 49 heavy (non-hydrogen) atoms. The minimum absolute atomic E-state index is 0.0557. The molecule has 2 saturated heterocycles. The van der Waals surface area contributed by atoms with Crippen LogP contribution < -0.4 is 16.0 Å². The fourth-order valence-electron chi connectivity index (χ4n) is 7.43. The summed E-state index contributed by atoms with van der Waals surface area (Å²) in [5, 5.41) is 9.11. The number of benzene rings is 2. The Bertz CT molecular complexity index is 1690. The van der Waals surface area contributed by atoms with E-state index in [9.17, 15) is 19.2 Å². The molecule has 258 valence electrons. The quantitative estimate of drug-likeness (QED) is 0.308. The third-order valence-electron chi connectivity index (χ3n) is 10.3. The molecule has 6 rings (SSSR count). The van der Waals surface area contributed by atoms with Crippen molar-refractivity contribution in [1.82, 2.24) is 25.0 Å². The number of rotatable bonds is 9. The number of hydrogen-bond donors (Lipinski definition) is 3. The van der Waals surface area contributed by atoms with Gasteiger partial charge in [-0.1, -0.05) is 43.3 Å². The lowest BCUT2D eigenvalue weighted by Crippen LogP contribution is -2.54. The Morgan fingerprint density at radius 1 is 0.898 bits per heavy atom. The normalized spacial score (nSPS) is 16.9. The third-order valence-corrected chi connectivity index (χ3v) is 10.3. The number of amides is 5. The standard InChI is InChI=1S/C38H47N7O4/c1-3-38(14-19-44(20-15-38)37(49)43-17-6-7-18-43)36(48)45(25-30-10-5-4-9-29(30)24-39-2)26-34(47)41-32-13-12-27-21-28-11-8-16-40-35(28)42-33(46)23-31(27)22-32/h4-5,8-13,16,22,39H,3,6-7,14-15,17-21,23-26H2,1-2H3,(H,41,47)(H,40,42,46). The molecule has 0 spiro atoms. The lowest BCUT2D eigenvalue weighted by molar-refractivity contribution is -0.147. The molecule has 3 aliphatic heterocycles. The summed E-state index contributed by atoms with van der Waals surface area (Å²) < 4.78 is 0. The van der Waals surface area contributed by atoms with Crippen molar-refractivity contribution in [3.63, 3.8) is 0 Å². The molecule has 2 fully saturated rings. The molecule has 4 heterocycles. The molecule has 2 aromatic carbocycles. The summed E-state index contributed by atoms with van der Waals surface area (Å²) in [5.41, 5.74) is 4.71. The van der Waals surface area contributed by atoms with Crippen molar-refractivity contribution in [2.75, 3.05) is 50.4 Å². The molecule has 11 heteroatoms. The minimum Gasteiger partial charge on any atom is -0.329 e. The topological polar surface area (TPSA) is 127 Å². The second-order valence-corrected chi connectivity index (χ2v) is 13.5. The maximum Gasteiger partial charge on any atom is 0.319 e. The average Bonchev–Trinajstić information content (AvgIpc) is 3.65. The van der Waals surface area contributed by atoms with Crippen molar-refractivity contribution >= 4 is 35.3 Å². The Hall–Kier alpha value is -4.77. The number of nitrogens with zero attached hydrogens (tertiary/aromatic N) is 4. The van der Waals surface area contributed by atoms with E-state index in [1.165, 1.54) is 0 Å². The van der Waals surface area contributed by atoms with Crippen molar-refractivity contribution in [2.24, 2.45) is 5.41 Å². The van der Waals surface area contributed by atoms with Crippen LogP contribution in [0.5, 0.6) is 0 Å². The van der Waals surface area contributed by atoms with Crippen LogP contribution >= 0.6 is 0 Å². The first-order valence-corrected chi connectivity index (χ1v) is 17.5. The molecule has 3 aliphatic rings. The van der Waals surface area contributed by atoms with Gasteiger partial charge in [0.05, 0.1) is 11.8 Å². The van der Waals surface area contributed by atoms with E-state index in [-0.39, 0.29) is 36.7 Å². The molecule has 3 N–H and O–H groups in total. The van der Waals surface area contributed by atoms with Crippen molar-refractivity contribution in [1.29, 1.82) is 0 Å². The summed E-state index contributed by atoms with van der Waals surface area (Å²) in [7, 11) is 1.89. The van der Waals surface area contributed by atoms with E-state index >= 15 is 0 Å². The average molecular weight is 666 g/mol. The zero-order valence-electron chi connectivity index (χ0n) is 28.6. The fraction of sp³-hybridized carbons (Fsp3) is 0.447. The maximum absolute atomic E-state index is 14.6. The Morgan fingerprint density at radius 2 is 1.63 bits per heavy atom. The Morgan fingerprint density at radius 3 is 2.37 bits per heavy atom. The van der Waals surface area contributed by atoms with Gasteiger partial charge in [0.2, 0.25) is 17.7 Å². The Kier molecular flexibility index (Phi) is 10.6. The van der Waals surface area contributed by atoms with Gasteiger partial charge in [0.15, 0.2) is 0 Å². The number of anilines is 2. The number of aromatic nitrogens is 1. The summed E-state index contributed by atoms with van der Waals surface area (Å²) in [6.07, 6.45) is 6.26. The van der Waals surface area contributed by atoms with Crippen LogP contribution in [-0.2, 0) is 40.3 Å².